The van der Waals surface area contributed by atoms with Crippen LogP contribution in [0.2, 0.25) is 0 Å². The van der Waals surface area contributed by atoms with Gasteiger partial charge in [-0.25, -0.2) is 5.01 Å². The molecule has 5 nitrogen and oxygen atoms in total. The first-order valence-electron chi connectivity index (χ1n) is 2.06. The molecule has 1 aliphatic rings. The fourth-order valence-electron chi connectivity index (χ4n) is 0.355. The van der Waals surface area contributed by atoms with Gasteiger partial charge in [0.15, 0.2) is 6.67 Å². The standard InChI is InChI=1S/C3H4N4O/c8-6-7-2-1-4-5-3-7/h1-2H,3H2. The largest absolute Gasteiger partial charge is 0.211 e. The van der Waals surface area contributed by atoms with Crippen molar-refractivity contribution >= 4 is 0 Å². The Hall–Kier alpha value is -1.26. The normalized spacial score (nSPS) is 16.8. The van der Waals surface area contributed by atoms with Gasteiger partial charge in [-0.15, -0.1) is 4.91 Å². The molecule has 0 aliphatic carbocycles. The maximum atomic E-state index is 9.68. The lowest BCUT2D eigenvalue weighted by Crippen LogP contribution is -2.09. The maximum absolute atomic E-state index is 9.68. The van der Waals surface area contributed by atoms with E-state index >= 15 is 0 Å². The number of nitrogens with zero attached hydrogens (tertiary/aromatic N) is 4. The molecule has 0 saturated carbocycles. The first kappa shape index (κ1) is 4.89. The van der Waals surface area contributed by atoms with Crippen molar-refractivity contribution in [3.8, 4) is 0 Å². The molecular weight excluding hydrogens is 108 g/mol. The minimum atomic E-state index is 0.236. The summed E-state index contributed by atoms with van der Waals surface area (Å²) in [5, 5.41) is 10.7. The molecule has 42 valence electrons. The van der Waals surface area contributed by atoms with E-state index in [0.717, 1.165) is 5.01 Å². The Morgan fingerprint density at radius 2 is 2.62 bits per heavy atom. The average molecular weight is 112 g/mol. The van der Waals surface area contributed by atoms with Gasteiger partial charge in [0.25, 0.3) is 0 Å². The first-order chi connectivity index (χ1) is 3.93. The summed E-state index contributed by atoms with van der Waals surface area (Å²) in [6, 6.07) is 0. The SMILES string of the molecule is O=NN1C=CN=NC1. The van der Waals surface area contributed by atoms with E-state index in [1.54, 1.807) is 0 Å². The molecule has 0 aromatic carbocycles. The maximum Gasteiger partial charge on any atom is 0.155 e. The fraction of sp³-hybridized carbons (Fsp3) is 0.333. The number of hydrogen-bond donors (Lipinski definition) is 0. The molecule has 0 amide bonds. The summed E-state index contributed by atoms with van der Waals surface area (Å²) in [5.74, 6) is 0. The van der Waals surface area contributed by atoms with Crippen LogP contribution in [-0.2, 0) is 0 Å². The molecule has 0 fully saturated rings. The highest BCUT2D eigenvalue weighted by Gasteiger charge is 1.96. The predicted molar refractivity (Wildman–Crippen MR) is 26.5 cm³/mol. The first-order valence-corrected chi connectivity index (χ1v) is 2.06. The molecular formula is C3H4N4O. The van der Waals surface area contributed by atoms with Crippen molar-refractivity contribution < 1.29 is 0 Å². The molecule has 0 unspecified atom stereocenters. The topological polar surface area (TPSA) is 57.4 Å². The minimum Gasteiger partial charge on any atom is -0.211 e. The Morgan fingerprint density at radius 3 is 3.00 bits per heavy atom. The average Bonchev–Trinajstić information content (AvgIpc) is 1.90. The summed E-state index contributed by atoms with van der Waals surface area (Å²) < 4.78 is 0. The summed E-state index contributed by atoms with van der Waals surface area (Å²) in [6.45, 7) is 0.236. The van der Waals surface area contributed by atoms with Crippen LogP contribution in [0.3, 0.4) is 0 Å². The number of hydrogen-bond acceptors (Lipinski definition) is 4. The van der Waals surface area contributed by atoms with E-state index in [9.17, 15) is 4.91 Å². The van der Waals surface area contributed by atoms with Crippen molar-refractivity contribution in [3.63, 3.8) is 0 Å². The Kier molecular flexibility index (Phi) is 1.32. The molecule has 0 atom stereocenters. The molecule has 0 spiro atoms. The van der Waals surface area contributed by atoms with E-state index in [1.165, 1.54) is 12.4 Å². The van der Waals surface area contributed by atoms with Crippen molar-refractivity contribution in [2.75, 3.05) is 6.67 Å². The zero-order chi connectivity index (χ0) is 5.82. The molecule has 1 aliphatic heterocycles. The van der Waals surface area contributed by atoms with E-state index in [4.69, 9.17) is 0 Å². The van der Waals surface area contributed by atoms with E-state index < -0.39 is 0 Å². The minimum absolute atomic E-state index is 0.236. The number of azo groups is 1. The summed E-state index contributed by atoms with van der Waals surface area (Å²) in [5.41, 5.74) is 0. The molecule has 0 radical (unpaired) electrons. The van der Waals surface area contributed by atoms with Gasteiger partial charge in [0.1, 0.15) is 0 Å². The van der Waals surface area contributed by atoms with Crippen molar-refractivity contribution in [1.82, 2.24) is 5.01 Å². The second kappa shape index (κ2) is 2.15. The number of nitroso groups, excluding NO2 is 1. The van der Waals surface area contributed by atoms with E-state index in [0.29, 0.717) is 0 Å². The summed E-state index contributed by atoms with van der Waals surface area (Å²) in [4.78, 5) is 9.68. The van der Waals surface area contributed by atoms with Crippen molar-refractivity contribution in [2.45, 2.75) is 0 Å². The van der Waals surface area contributed by atoms with Gasteiger partial charge >= 0.3 is 0 Å². The summed E-state index contributed by atoms with van der Waals surface area (Å²) in [6.07, 6.45) is 2.87. The van der Waals surface area contributed by atoms with Crippen LogP contribution in [0.4, 0.5) is 0 Å². The monoisotopic (exact) mass is 112 g/mol. The van der Waals surface area contributed by atoms with Crippen LogP contribution in [0.1, 0.15) is 0 Å². The van der Waals surface area contributed by atoms with Gasteiger partial charge in [0.05, 0.1) is 11.5 Å². The van der Waals surface area contributed by atoms with Gasteiger partial charge < -0.3 is 0 Å². The van der Waals surface area contributed by atoms with Gasteiger partial charge in [-0.2, -0.15) is 10.2 Å². The zero-order valence-corrected chi connectivity index (χ0v) is 4.06. The molecule has 0 saturated heterocycles. The molecule has 5 heteroatoms. The molecule has 0 bridgehead atoms. The lowest BCUT2D eigenvalue weighted by molar-refractivity contribution is 0.387. The van der Waals surface area contributed by atoms with Crippen molar-refractivity contribution in [3.05, 3.63) is 17.3 Å². The zero-order valence-electron chi connectivity index (χ0n) is 4.06. The molecule has 1 heterocycles. The number of rotatable bonds is 1. The highest BCUT2D eigenvalue weighted by molar-refractivity contribution is 4.79. The van der Waals surface area contributed by atoms with Crippen LogP contribution in [-0.4, -0.2) is 11.7 Å². The predicted octanol–water partition coefficient (Wildman–Crippen LogP) is 0.864. The lowest BCUT2D eigenvalue weighted by Gasteiger charge is -2.05. The van der Waals surface area contributed by atoms with Crippen LogP contribution >= 0.6 is 0 Å². The highest BCUT2D eigenvalue weighted by Crippen LogP contribution is 1.97. The third kappa shape index (κ3) is 0.868. The molecule has 0 N–H and O–H groups in total. The summed E-state index contributed by atoms with van der Waals surface area (Å²) in [7, 11) is 0. The van der Waals surface area contributed by atoms with Gasteiger partial charge in [0.2, 0.25) is 0 Å². The second-order valence-corrected chi connectivity index (χ2v) is 1.22. The Balaban J connectivity index is 2.51. The molecule has 0 aromatic rings. The fourth-order valence-corrected chi connectivity index (χ4v) is 0.355. The second-order valence-electron chi connectivity index (χ2n) is 1.22. The van der Waals surface area contributed by atoms with Gasteiger partial charge in [0, 0.05) is 6.20 Å². The van der Waals surface area contributed by atoms with Crippen molar-refractivity contribution in [1.29, 1.82) is 0 Å². The van der Waals surface area contributed by atoms with E-state index in [2.05, 4.69) is 15.5 Å². The van der Waals surface area contributed by atoms with Gasteiger partial charge in [-0.1, -0.05) is 0 Å². The third-order valence-corrected chi connectivity index (χ3v) is 0.700. The third-order valence-electron chi connectivity index (χ3n) is 0.700. The smallest absolute Gasteiger partial charge is 0.155 e. The highest BCUT2D eigenvalue weighted by atomic mass is 16.3. The Morgan fingerprint density at radius 1 is 1.75 bits per heavy atom. The van der Waals surface area contributed by atoms with Crippen molar-refractivity contribution in [2.24, 2.45) is 15.5 Å². The van der Waals surface area contributed by atoms with Gasteiger partial charge in [-0.05, 0) is 0 Å². The quantitative estimate of drug-likeness (QED) is 0.472. The molecule has 1 rings (SSSR count). The molecule has 8 heavy (non-hydrogen) atoms. The Bertz CT molecular complexity index is 140. The van der Waals surface area contributed by atoms with Crippen LogP contribution in [0.25, 0.3) is 0 Å². The van der Waals surface area contributed by atoms with Crippen LogP contribution in [0.15, 0.2) is 27.9 Å². The van der Waals surface area contributed by atoms with Crippen LogP contribution in [0.5, 0.6) is 0 Å². The van der Waals surface area contributed by atoms with Crippen LogP contribution in [0, 0.1) is 4.91 Å². The van der Waals surface area contributed by atoms with Gasteiger partial charge in [-0.3, -0.25) is 0 Å². The van der Waals surface area contributed by atoms with E-state index in [1.807, 2.05) is 0 Å². The Labute approximate surface area is 45.6 Å². The lowest BCUT2D eigenvalue weighted by atomic mass is 10.8. The summed E-state index contributed by atoms with van der Waals surface area (Å²) >= 11 is 0. The molecule has 0 aromatic heterocycles. The van der Waals surface area contributed by atoms with E-state index in [-0.39, 0.29) is 6.67 Å². The van der Waals surface area contributed by atoms with Crippen LogP contribution < -0.4 is 0 Å².